The Hall–Kier alpha value is -2.35. The standard InChI is InChI=1S/C18H20F3N3O2/c1-2-24-11-14(10-22-24)17(25)23-6-7-26-16(12-23)9-13-4-3-5-15(8-13)18(19,20)21/h3-5,8,10-11,16H,2,6-7,9,12H2,1H3. The van der Waals surface area contributed by atoms with Gasteiger partial charge in [-0.1, -0.05) is 18.2 Å². The monoisotopic (exact) mass is 367 g/mol. The Kier molecular flexibility index (Phi) is 5.31. The van der Waals surface area contributed by atoms with Crippen molar-refractivity contribution in [1.29, 1.82) is 0 Å². The summed E-state index contributed by atoms with van der Waals surface area (Å²) in [6.07, 6.45) is -1.16. The van der Waals surface area contributed by atoms with E-state index in [1.54, 1.807) is 21.8 Å². The third kappa shape index (κ3) is 4.24. The Balaban J connectivity index is 1.66. The number of carbonyl (C=O) groups is 1. The quantitative estimate of drug-likeness (QED) is 0.835. The summed E-state index contributed by atoms with van der Waals surface area (Å²) < 4.78 is 45.9. The predicted molar refractivity (Wildman–Crippen MR) is 88.7 cm³/mol. The first kappa shape index (κ1) is 18.4. The van der Waals surface area contributed by atoms with Crippen molar-refractivity contribution in [1.82, 2.24) is 14.7 Å². The molecule has 3 rings (SSSR count). The van der Waals surface area contributed by atoms with Gasteiger partial charge in [-0.25, -0.2) is 0 Å². The van der Waals surface area contributed by atoms with E-state index in [4.69, 9.17) is 4.74 Å². The first-order valence-electron chi connectivity index (χ1n) is 8.46. The molecule has 1 aliphatic rings. The number of amides is 1. The number of halogens is 3. The lowest BCUT2D eigenvalue weighted by atomic mass is 10.0. The third-order valence-corrected chi connectivity index (χ3v) is 4.35. The number of aromatic nitrogens is 2. The zero-order valence-electron chi connectivity index (χ0n) is 14.4. The zero-order chi connectivity index (χ0) is 18.7. The van der Waals surface area contributed by atoms with Crippen molar-refractivity contribution < 1.29 is 22.7 Å². The molecule has 1 fully saturated rings. The highest BCUT2D eigenvalue weighted by Gasteiger charge is 2.31. The van der Waals surface area contributed by atoms with Gasteiger partial charge >= 0.3 is 6.18 Å². The van der Waals surface area contributed by atoms with Crippen LogP contribution < -0.4 is 0 Å². The van der Waals surface area contributed by atoms with Crippen molar-refractivity contribution in [3.8, 4) is 0 Å². The van der Waals surface area contributed by atoms with E-state index in [9.17, 15) is 18.0 Å². The molecule has 0 aliphatic carbocycles. The van der Waals surface area contributed by atoms with Gasteiger partial charge in [-0.3, -0.25) is 9.48 Å². The SMILES string of the molecule is CCn1cc(C(=O)N2CCOC(Cc3cccc(C(F)(F)F)c3)C2)cn1. The van der Waals surface area contributed by atoms with Crippen LogP contribution in [0.1, 0.15) is 28.4 Å². The fourth-order valence-electron chi connectivity index (χ4n) is 2.99. The van der Waals surface area contributed by atoms with Crippen molar-refractivity contribution >= 4 is 5.91 Å². The second-order valence-electron chi connectivity index (χ2n) is 6.23. The number of benzene rings is 1. The molecule has 1 aliphatic heterocycles. The normalized spacial score (nSPS) is 18.2. The fourth-order valence-corrected chi connectivity index (χ4v) is 2.99. The van der Waals surface area contributed by atoms with E-state index in [0.717, 1.165) is 12.1 Å². The van der Waals surface area contributed by atoms with Crippen LogP contribution >= 0.6 is 0 Å². The maximum Gasteiger partial charge on any atom is 0.416 e. The molecule has 0 spiro atoms. The average molecular weight is 367 g/mol. The molecule has 0 saturated carbocycles. The zero-order valence-corrected chi connectivity index (χ0v) is 14.4. The highest BCUT2D eigenvalue weighted by Crippen LogP contribution is 2.30. The summed E-state index contributed by atoms with van der Waals surface area (Å²) in [5, 5.41) is 4.10. The van der Waals surface area contributed by atoms with E-state index < -0.39 is 11.7 Å². The Labute approximate surface area is 149 Å². The number of rotatable bonds is 4. The second-order valence-corrected chi connectivity index (χ2v) is 6.23. The van der Waals surface area contributed by atoms with Crippen molar-refractivity contribution in [3.63, 3.8) is 0 Å². The topological polar surface area (TPSA) is 47.4 Å². The molecule has 1 saturated heterocycles. The van der Waals surface area contributed by atoms with Crippen LogP contribution in [-0.4, -0.2) is 46.4 Å². The lowest BCUT2D eigenvalue weighted by molar-refractivity contribution is -0.137. The summed E-state index contributed by atoms with van der Waals surface area (Å²) in [7, 11) is 0. The Morgan fingerprint density at radius 1 is 1.38 bits per heavy atom. The molecule has 26 heavy (non-hydrogen) atoms. The van der Waals surface area contributed by atoms with Crippen molar-refractivity contribution in [2.45, 2.75) is 32.2 Å². The molecule has 0 bridgehead atoms. The molecule has 1 unspecified atom stereocenters. The Bertz CT molecular complexity index is 773. The molecule has 8 heteroatoms. The summed E-state index contributed by atoms with van der Waals surface area (Å²) in [4.78, 5) is 14.2. The molecule has 5 nitrogen and oxygen atoms in total. The van der Waals surface area contributed by atoms with E-state index in [1.807, 2.05) is 6.92 Å². The van der Waals surface area contributed by atoms with Crippen LogP contribution in [0.2, 0.25) is 0 Å². The molecule has 2 aromatic rings. The van der Waals surface area contributed by atoms with Gasteiger partial charge in [0.15, 0.2) is 0 Å². The van der Waals surface area contributed by atoms with Gasteiger partial charge in [0.05, 0.1) is 30.0 Å². The van der Waals surface area contributed by atoms with Crippen LogP contribution in [0.3, 0.4) is 0 Å². The molecule has 1 aromatic carbocycles. The van der Waals surface area contributed by atoms with Crippen molar-refractivity contribution in [2.75, 3.05) is 19.7 Å². The van der Waals surface area contributed by atoms with Gasteiger partial charge in [-0.2, -0.15) is 18.3 Å². The third-order valence-electron chi connectivity index (χ3n) is 4.35. The van der Waals surface area contributed by atoms with Crippen LogP contribution in [0.25, 0.3) is 0 Å². The molecule has 1 amide bonds. The van der Waals surface area contributed by atoms with Crippen LogP contribution in [0, 0.1) is 0 Å². The fraction of sp³-hybridized carbons (Fsp3) is 0.444. The number of morpholine rings is 1. The number of hydrogen-bond acceptors (Lipinski definition) is 3. The van der Waals surface area contributed by atoms with E-state index in [0.29, 0.717) is 43.8 Å². The summed E-state index contributed by atoms with van der Waals surface area (Å²) in [5.41, 5.74) is 0.371. The molecular formula is C18H20F3N3O2. The number of nitrogens with zero attached hydrogens (tertiary/aromatic N) is 3. The second kappa shape index (κ2) is 7.49. The van der Waals surface area contributed by atoms with Crippen LogP contribution in [0.4, 0.5) is 13.2 Å². The van der Waals surface area contributed by atoms with Gasteiger partial charge in [0, 0.05) is 32.3 Å². The molecule has 1 atom stereocenters. The van der Waals surface area contributed by atoms with E-state index in [1.165, 1.54) is 12.3 Å². The average Bonchev–Trinajstić information content (AvgIpc) is 3.10. The number of aryl methyl sites for hydroxylation is 1. The molecule has 1 aromatic heterocycles. The van der Waals surface area contributed by atoms with E-state index >= 15 is 0 Å². The highest BCUT2D eigenvalue weighted by molar-refractivity contribution is 5.93. The van der Waals surface area contributed by atoms with E-state index in [2.05, 4.69) is 5.10 Å². The Morgan fingerprint density at radius 2 is 2.19 bits per heavy atom. The molecule has 0 radical (unpaired) electrons. The Morgan fingerprint density at radius 3 is 2.88 bits per heavy atom. The lowest BCUT2D eigenvalue weighted by Gasteiger charge is -2.33. The summed E-state index contributed by atoms with van der Waals surface area (Å²) >= 11 is 0. The molecule has 140 valence electrons. The van der Waals surface area contributed by atoms with Gasteiger partial charge in [-0.05, 0) is 18.6 Å². The van der Waals surface area contributed by atoms with Gasteiger partial charge in [0.1, 0.15) is 0 Å². The number of hydrogen-bond donors (Lipinski definition) is 0. The van der Waals surface area contributed by atoms with Crippen molar-refractivity contribution in [2.24, 2.45) is 0 Å². The van der Waals surface area contributed by atoms with Gasteiger partial charge in [-0.15, -0.1) is 0 Å². The molecule has 0 N–H and O–H groups in total. The first-order chi connectivity index (χ1) is 12.4. The maximum atomic E-state index is 12.8. The largest absolute Gasteiger partial charge is 0.416 e. The van der Waals surface area contributed by atoms with Gasteiger partial charge < -0.3 is 9.64 Å². The highest BCUT2D eigenvalue weighted by atomic mass is 19.4. The number of ether oxygens (including phenoxy) is 1. The molecular weight excluding hydrogens is 347 g/mol. The molecule has 2 heterocycles. The van der Waals surface area contributed by atoms with Crippen LogP contribution in [0.5, 0.6) is 0 Å². The first-order valence-corrected chi connectivity index (χ1v) is 8.46. The van der Waals surface area contributed by atoms with Gasteiger partial charge in [0.2, 0.25) is 0 Å². The minimum atomic E-state index is -4.37. The predicted octanol–water partition coefficient (Wildman–Crippen LogP) is 3.01. The number of alkyl halides is 3. The minimum Gasteiger partial charge on any atom is -0.374 e. The summed E-state index contributed by atoms with van der Waals surface area (Å²) in [6, 6.07) is 5.22. The summed E-state index contributed by atoms with van der Waals surface area (Å²) in [5.74, 6) is -0.137. The minimum absolute atomic E-state index is 0.137. The van der Waals surface area contributed by atoms with Gasteiger partial charge in [0.25, 0.3) is 5.91 Å². The smallest absolute Gasteiger partial charge is 0.374 e. The number of carbonyl (C=O) groups excluding carboxylic acids is 1. The van der Waals surface area contributed by atoms with Crippen LogP contribution in [0.15, 0.2) is 36.7 Å². The van der Waals surface area contributed by atoms with E-state index in [-0.39, 0.29) is 12.0 Å². The van der Waals surface area contributed by atoms with Crippen molar-refractivity contribution in [3.05, 3.63) is 53.3 Å². The lowest BCUT2D eigenvalue weighted by Crippen LogP contribution is -2.46. The maximum absolute atomic E-state index is 12.8. The summed E-state index contributed by atoms with van der Waals surface area (Å²) in [6.45, 7) is 3.76. The van der Waals surface area contributed by atoms with Crippen LogP contribution in [-0.2, 0) is 23.9 Å².